The van der Waals surface area contributed by atoms with Gasteiger partial charge in [-0.3, -0.25) is 0 Å². The van der Waals surface area contributed by atoms with Crippen molar-refractivity contribution in [1.29, 1.82) is 0 Å². The molecule has 1 saturated heterocycles. The fraction of sp³-hybridized carbons (Fsp3) is 0.538. The van der Waals surface area contributed by atoms with E-state index in [1.165, 1.54) is 8.61 Å². The van der Waals surface area contributed by atoms with Crippen molar-refractivity contribution >= 4 is 10.2 Å². The lowest BCUT2D eigenvalue weighted by atomic mass is 10.2. The molecule has 2 N–H and O–H groups in total. The molecule has 7 heteroatoms. The molecule has 2 rings (SSSR count). The van der Waals surface area contributed by atoms with Crippen LogP contribution in [0.1, 0.15) is 5.56 Å². The molecule has 0 amide bonds. The lowest BCUT2D eigenvalue weighted by Crippen LogP contribution is -2.49. The van der Waals surface area contributed by atoms with E-state index >= 15 is 0 Å². The molecule has 112 valence electrons. The van der Waals surface area contributed by atoms with Gasteiger partial charge in [-0.1, -0.05) is 30.3 Å². The van der Waals surface area contributed by atoms with Crippen molar-refractivity contribution < 1.29 is 13.2 Å². The van der Waals surface area contributed by atoms with Gasteiger partial charge in [-0.25, -0.2) is 0 Å². The number of rotatable bonds is 6. The number of benzene rings is 1. The molecule has 20 heavy (non-hydrogen) atoms. The highest BCUT2D eigenvalue weighted by Gasteiger charge is 2.30. The van der Waals surface area contributed by atoms with E-state index in [0.717, 1.165) is 5.56 Å². The molecule has 0 unspecified atom stereocenters. The monoisotopic (exact) mass is 299 g/mol. The van der Waals surface area contributed by atoms with E-state index < -0.39 is 10.2 Å². The second kappa shape index (κ2) is 7.14. The lowest BCUT2D eigenvalue weighted by Gasteiger charge is -2.32. The molecule has 0 atom stereocenters. The van der Waals surface area contributed by atoms with Crippen LogP contribution in [0.3, 0.4) is 0 Å². The minimum Gasteiger partial charge on any atom is -0.379 e. The lowest BCUT2D eigenvalue weighted by molar-refractivity contribution is 0.0700. The number of nitrogens with zero attached hydrogens (tertiary/aromatic N) is 2. The number of hydrogen-bond donors (Lipinski definition) is 1. The molecule has 1 aromatic carbocycles. The van der Waals surface area contributed by atoms with Crippen molar-refractivity contribution in [2.45, 2.75) is 6.54 Å². The molecule has 6 nitrogen and oxygen atoms in total. The Balaban J connectivity index is 2.14. The molecule has 0 radical (unpaired) electrons. The van der Waals surface area contributed by atoms with Crippen molar-refractivity contribution in [1.82, 2.24) is 8.61 Å². The maximum absolute atomic E-state index is 12.6. The van der Waals surface area contributed by atoms with E-state index in [2.05, 4.69) is 0 Å². The summed E-state index contributed by atoms with van der Waals surface area (Å²) in [6, 6.07) is 9.54. The first-order valence-corrected chi connectivity index (χ1v) is 8.11. The van der Waals surface area contributed by atoms with E-state index in [9.17, 15) is 8.42 Å². The van der Waals surface area contributed by atoms with E-state index in [0.29, 0.717) is 45.9 Å². The zero-order chi connectivity index (χ0) is 14.4. The van der Waals surface area contributed by atoms with Crippen molar-refractivity contribution in [3.05, 3.63) is 35.9 Å². The Morgan fingerprint density at radius 1 is 1.20 bits per heavy atom. The van der Waals surface area contributed by atoms with Gasteiger partial charge in [-0.05, 0) is 5.56 Å². The standard InChI is InChI=1S/C13H21N3O3S/c14-6-7-16(12-13-4-2-1-3-5-13)20(17,18)15-8-10-19-11-9-15/h1-5H,6-12,14H2. The first kappa shape index (κ1) is 15.4. The Morgan fingerprint density at radius 2 is 1.85 bits per heavy atom. The highest BCUT2D eigenvalue weighted by Crippen LogP contribution is 2.14. The maximum Gasteiger partial charge on any atom is 0.282 e. The Kier molecular flexibility index (Phi) is 5.50. The van der Waals surface area contributed by atoms with Crippen LogP contribution in [0, 0.1) is 0 Å². The van der Waals surface area contributed by atoms with E-state index in [-0.39, 0.29) is 0 Å². The van der Waals surface area contributed by atoms with Crippen LogP contribution in [0.15, 0.2) is 30.3 Å². The zero-order valence-electron chi connectivity index (χ0n) is 11.4. The molecule has 0 saturated carbocycles. The summed E-state index contributed by atoms with van der Waals surface area (Å²) in [7, 11) is -3.48. The molecule has 1 aliphatic rings. The van der Waals surface area contributed by atoms with Gasteiger partial charge in [0.15, 0.2) is 0 Å². The zero-order valence-corrected chi connectivity index (χ0v) is 12.3. The highest BCUT2D eigenvalue weighted by atomic mass is 32.2. The van der Waals surface area contributed by atoms with Crippen molar-refractivity contribution in [3.63, 3.8) is 0 Å². The summed E-state index contributed by atoms with van der Waals surface area (Å²) < 4.78 is 33.4. The van der Waals surface area contributed by atoms with Gasteiger partial charge in [0, 0.05) is 32.7 Å². The van der Waals surface area contributed by atoms with Gasteiger partial charge in [0.25, 0.3) is 10.2 Å². The Bertz CT molecular complexity index is 501. The minimum absolute atomic E-state index is 0.302. The fourth-order valence-electron chi connectivity index (χ4n) is 2.15. The molecule has 0 aliphatic carbocycles. The number of hydrogen-bond acceptors (Lipinski definition) is 4. The van der Waals surface area contributed by atoms with Crippen LogP contribution in [0.25, 0.3) is 0 Å². The van der Waals surface area contributed by atoms with Gasteiger partial charge in [-0.15, -0.1) is 0 Å². The molecule has 0 bridgehead atoms. The SMILES string of the molecule is NCCN(Cc1ccccc1)S(=O)(=O)N1CCOCC1. The van der Waals surface area contributed by atoms with Gasteiger partial charge in [0.2, 0.25) is 0 Å². The first-order valence-electron chi connectivity index (χ1n) is 6.71. The molecular formula is C13H21N3O3S. The largest absolute Gasteiger partial charge is 0.379 e. The smallest absolute Gasteiger partial charge is 0.282 e. The van der Waals surface area contributed by atoms with Gasteiger partial charge in [0.1, 0.15) is 0 Å². The molecular weight excluding hydrogens is 278 g/mol. The van der Waals surface area contributed by atoms with E-state index in [4.69, 9.17) is 10.5 Å². The van der Waals surface area contributed by atoms with Crippen LogP contribution in [0.2, 0.25) is 0 Å². The predicted octanol–water partition coefficient (Wildman–Crippen LogP) is 0.0243. The highest BCUT2D eigenvalue weighted by molar-refractivity contribution is 7.86. The van der Waals surface area contributed by atoms with E-state index in [1.807, 2.05) is 30.3 Å². The third-order valence-electron chi connectivity index (χ3n) is 3.20. The second-order valence-electron chi connectivity index (χ2n) is 4.63. The topological polar surface area (TPSA) is 75.9 Å². The maximum atomic E-state index is 12.6. The summed E-state index contributed by atoms with van der Waals surface area (Å²) in [5, 5.41) is 0. The van der Waals surface area contributed by atoms with Crippen molar-refractivity contribution in [3.8, 4) is 0 Å². The molecule has 1 heterocycles. The molecule has 1 aromatic rings. The van der Waals surface area contributed by atoms with Crippen LogP contribution in [-0.4, -0.2) is 56.4 Å². The second-order valence-corrected chi connectivity index (χ2v) is 6.56. The molecule has 1 fully saturated rings. The van der Waals surface area contributed by atoms with Gasteiger partial charge in [-0.2, -0.15) is 17.0 Å². The van der Waals surface area contributed by atoms with Crippen molar-refractivity contribution in [2.75, 3.05) is 39.4 Å². The fourth-order valence-corrected chi connectivity index (χ4v) is 3.73. The molecule has 0 spiro atoms. The van der Waals surface area contributed by atoms with Gasteiger partial charge >= 0.3 is 0 Å². The third-order valence-corrected chi connectivity index (χ3v) is 5.18. The minimum atomic E-state index is -3.48. The summed E-state index contributed by atoms with van der Waals surface area (Å²) in [4.78, 5) is 0. The normalized spacial score (nSPS) is 17.5. The summed E-state index contributed by atoms with van der Waals surface area (Å²) >= 11 is 0. The number of ether oxygens (including phenoxy) is 1. The Labute approximate surface area is 120 Å². The quantitative estimate of drug-likeness (QED) is 0.804. The summed E-state index contributed by atoms with van der Waals surface area (Å²) in [6.45, 7) is 2.65. The number of morpholine rings is 1. The Hall–Kier alpha value is -0.990. The third kappa shape index (κ3) is 3.77. The van der Waals surface area contributed by atoms with Gasteiger partial charge in [0.05, 0.1) is 13.2 Å². The molecule has 0 aromatic heterocycles. The summed E-state index contributed by atoms with van der Waals surface area (Å²) in [5.41, 5.74) is 6.52. The van der Waals surface area contributed by atoms with Crippen LogP contribution in [0.5, 0.6) is 0 Å². The van der Waals surface area contributed by atoms with Crippen molar-refractivity contribution in [2.24, 2.45) is 5.73 Å². The van der Waals surface area contributed by atoms with Gasteiger partial charge < -0.3 is 10.5 Å². The number of nitrogens with two attached hydrogens (primary N) is 1. The first-order chi connectivity index (χ1) is 9.64. The summed E-state index contributed by atoms with van der Waals surface area (Å²) in [5.74, 6) is 0. The molecule has 1 aliphatic heterocycles. The Morgan fingerprint density at radius 3 is 2.45 bits per heavy atom. The predicted molar refractivity (Wildman–Crippen MR) is 77.2 cm³/mol. The van der Waals surface area contributed by atoms with Crippen LogP contribution < -0.4 is 5.73 Å². The average Bonchev–Trinajstić information content (AvgIpc) is 2.49. The van der Waals surface area contributed by atoms with Crippen LogP contribution in [-0.2, 0) is 21.5 Å². The van der Waals surface area contributed by atoms with Crippen LogP contribution >= 0.6 is 0 Å². The van der Waals surface area contributed by atoms with E-state index in [1.54, 1.807) is 0 Å². The van der Waals surface area contributed by atoms with Crippen LogP contribution in [0.4, 0.5) is 0 Å². The average molecular weight is 299 g/mol. The summed E-state index contributed by atoms with van der Waals surface area (Å²) in [6.07, 6.45) is 0.